The Hall–Kier alpha value is -2.12. The zero-order chi connectivity index (χ0) is 18.8. The van der Waals surface area contributed by atoms with E-state index >= 15 is 0 Å². The number of carbonyl (C=O) groups is 4. The molecule has 0 aromatic rings. The van der Waals surface area contributed by atoms with Gasteiger partial charge < -0.3 is 20.4 Å². The van der Waals surface area contributed by atoms with E-state index in [2.05, 4.69) is 0 Å². The normalized spacial score (nSPS) is 9.67. The van der Waals surface area contributed by atoms with Crippen LogP contribution < -0.4 is 0 Å². The van der Waals surface area contributed by atoms with Crippen molar-refractivity contribution >= 4 is 23.9 Å². The lowest BCUT2D eigenvalue weighted by Crippen LogP contribution is -1.95. The van der Waals surface area contributed by atoms with E-state index in [0.29, 0.717) is 25.7 Å². The molecule has 24 heavy (non-hydrogen) atoms. The Balaban J connectivity index is 0. The largest absolute Gasteiger partial charge is 0.481 e. The summed E-state index contributed by atoms with van der Waals surface area (Å²) in [6.07, 6.45) is 6.56. The molecule has 0 rings (SSSR count). The van der Waals surface area contributed by atoms with Gasteiger partial charge in [0.25, 0.3) is 0 Å². The van der Waals surface area contributed by atoms with Crippen LogP contribution in [0, 0.1) is 0 Å². The third kappa shape index (κ3) is 28.1. The van der Waals surface area contributed by atoms with Crippen molar-refractivity contribution < 1.29 is 39.6 Å². The van der Waals surface area contributed by atoms with Crippen molar-refractivity contribution in [3.8, 4) is 0 Å². The van der Waals surface area contributed by atoms with Crippen molar-refractivity contribution in [2.45, 2.75) is 77.0 Å². The smallest absolute Gasteiger partial charge is 0.303 e. The van der Waals surface area contributed by atoms with Gasteiger partial charge in [-0.3, -0.25) is 19.2 Å². The third-order valence-corrected chi connectivity index (χ3v) is 3.06. The molecule has 0 unspecified atom stereocenters. The molecule has 0 aliphatic heterocycles. The minimum Gasteiger partial charge on any atom is -0.481 e. The Morgan fingerprint density at radius 1 is 0.375 bits per heavy atom. The van der Waals surface area contributed by atoms with Gasteiger partial charge in [-0.15, -0.1) is 0 Å². The summed E-state index contributed by atoms with van der Waals surface area (Å²) >= 11 is 0. The lowest BCUT2D eigenvalue weighted by molar-refractivity contribution is -0.138. The molecule has 8 nitrogen and oxygen atoms in total. The van der Waals surface area contributed by atoms with Gasteiger partial charge in [0, 0.05) is 25.7 Å². The molecule has 0 saturated heterocycles. The number of unbranched alkanes of at least 4 members (excludes halogenated alkanes) is 6. The Morgan fingerprint density at radius 3 is 0.667 bits per heavy atom. The number of carboxylic acid groups (broad SMARTS) is 4. The van der Waals surface area contributed by atoms with E-state index in [9.17, 15) is 19.2 Å². The average Bonchev–Trinajstić information content (AvgIpc) is 2.46. The van der Waals surface area contributed by atoms with Crippen molar-refractivity contribution in [1.29, 1.82) is 0 Å². The van der Waals surface area contributed by atoms with Crippen molar-refractivity contribution in [2.24, 2.45) is 0 Å². The quantitative estimate of drug-likeness (QED) is 0.350. The predicted molar refractivity (Wildman–Crippen MR) is 85.9 cm³/mol. The molecular weight excluding hydrogens is 320 g/mol. The topological polar surface area (TPSA) is 149 Å². The summed E-state index contributed by atoms with van der Waals surface area (Å²) in [6, 6.07) is 0. The van der Waals surface area contributed by atoms with Gasteiger partial charge in [-0.1, -0.05) is 25.7 Å². The van der Waals surface area contributed by atoms with Gasteiger partial charge in [-0.05, 0) is 25.7 Å². The van der Waals surface area contributed by atoms with Crippen LogP contribution in [0.25, 0.3) is 0 Å². The molecule has 140 valence electrons. The molecule has 0 saturated carbocycles. The molecule has 4 N–H and O–H groups in total. The van der Waals surface area contributed by atoms with E-state index < -0.39 is 23.9 Å². The molecule has 0 spiro atoms. The lowest BCUT2D eigenvalue weighted by Gasteiger charge is -1.96. The Bertz CT molecular complexity index is 306. The molecule has 0 aliphatic rings. The van der Waals surface area contributed by atoms with Gasteiger partial charge >= 0.3 is 23.9 Å². The summed E-state index contributed by atoms with van der Waals surface area (Å²) in [5, 5.41) is 33.1. The van der Waals surface area contributed by atoms with Gasteiger partial charge in [0.1, 0.15) is 0 Å². The number of aliphatic carboxylic acids is 4. The van der Waals surface area contributed by atoms with Crippen LogP contribution in [0.5, 0.6) is 0 Å². The molecule has 8 heteroatoms. The van der Waals surface area contributed by atoms with Crippen LogP contribution in [-0.4, -0.2) is 44.3 Å². The number of hydrogen-bond acceptors (Lipinski definition) is 4. The van der Waals surface area contributed by atoms with Gasteiger partial charge in [0.05, 0.1) is 0 Å². The van der Waals surface area contributed by atoms with Crippen LogP contribution in [-0.2, 0) is 19.2 Å². The molecule has 0 aliphatic carbocycles. The number of rotatable bonds is 14. The Morgan fingerprint density at radius 2 is 0.542 bits per heavy atom. The maximum Gasteiger partial charge on any atom is 0.303 e. The molecule has 0 aromatic carbocycles. The van der Waals surface area contributed by atoms with Crippen LogP contribution in [0.2, 0.25) is 0 Å². The van der Waals surface area contributed by atoms with Crippen LogP contribution in [0.3, 0.4) is 0 Å². The zero-order valence-electron chi connectivity index (χ0n) is 13.9. The second-order valence-corrected chi connectivity index (χ2v) is 5.40. The molecule has 0 atom stereocenters. The minimum atomic E-state index is -0.784. The van der Waals surface area contributed by atoms with Crippen molar-refractivity contribution in [1.82, 2.24) is 0 Å². The zero-order valence-corrected chi connectivity index (χ0v) is 13.9. The SMILES string of the molecule is O=C(O)CCCCCCC(=O)O.O=C(O)CCCCCCC(=O)O. The predicted octanol–water partition coefficient (Wildman–Crippen LogP) is 2.99. The maximum atomic E-state index is 10.0. The van der Waals surface area contributed by atoms with Gasteiger partial charge in [0.2, 0.25) is 0 Å². The lowest BCUT2D eigenvalue weighted by atomic mass is 10.1. The molecule has 0 amide bonds. The van der Waals surface area contributed by atoms with E-state index in [0.717, 1.165) is 25.7 Å². The molecule has 0 radical (unpaired) electrons. The number of hydrogen-bond donors (Lipinski definition) is 4. The fourth-order valence-electron chi connectivity index (χ4n) is 1.81. The second kappa shape index (κ2) is 17.2. The van der Waals surface area contributed by atoms with Gasteiger partial charge in [0.15, 0.2) is 0 Å². The van der Waals surface area contributed by atoms with Crippen molar-refractivity contribution in [3.05, 3.63) is 0 Å². The van der Waals surface area contributed by atoms with Crippen LogP contribution >= 0.6 is 0 Å². The van der Waals surface area contributed by atoms with E-state index in [1.807, 2.05) is 0 Å². The third-order valence-electron chi connectivity index (χ3n) is 3.06. The van der Waals surface area contributed by atoms with Gasteiger partial charge in [-0.2, -0.15) is 0 Å². The van der Waals surface area contributed by atoms with Gasteiger partial charge in [-0.25, -0.2) is 0 Å². The molecular formula is C16H28O8. The first-order valence-corrected chi connectivity index (χ1v) is 8.13. The summed E-state index contributed by atoms with van der Waals surface area (Å²) in [5.74, 6) is -3.14. The van der Waals surface area contributed by atoms with Crippen molar-refractivity contribution in [3.63, 3.8) is 0 Å². The summed E-state index contributed by atoms with van der Waals surface area (Å²) in [6.45, 7) is 0. The fraction of sp³-hybridized carbons (Fsp3) is 0.750. The van der Waals surface area contributed by atoms with E-state index in [1.165, 1.54) is 0 Å². The van der Waals surface area contributed by atoms with Crippen LogP contribution in [0.4, 0.5) is 0 Å². The summed E-state index contributed by atoms with van der Waals surface area (Å²) in [4.78, 5) is 40.2. The average molecular weight is 348 g/mol. The first kappa shape index (κ1) is 24.1. The molecule has 0 bridgehead atoms. The van der Waals surface area contributed by atoms with Crippen LogP contribution in [0.1, 0.15) is 77.0 Å². The van der Waals surface area contributed by atoms with E-state index in [4.69, 9.17) is 20.4 Å². The van der Waals surface area contributed by atoms with E-state index in [-0.39, 0.29) is 25.7 Å². The summed E-state index contributed by atoms with van der Waals surface area (Å²) in [5.41, 5.74) is 0. The van der Waals surface area contributed by atoms with Crippen molar-refractivity contribution in [2.75, 3.05) is 0 Å². The molecule has 0 heterocycles. The number of carboxylic acids is 4. The standard InChI is InChI=1S/2C8H14O4/c2*9-7(10)5-3-1-2-4-6-8(11)12/h2*1-6H2,(H,9,10)(H,11,12). The monoisotopic (exact) mass is 348 g/mol. The molecule has 0 aromatic heterocycles. The minimum absolute atomic E-state index is 0.188. The highest BCUT2D eigenvalue weighted by molar-refractivity contribution is 5.67. The summed E-state index contributed by atoms with van der Waals surface area (Å²) in [7, 11) is 0. The second-order valence-electron chi connectivity index (χ2n) is 5.40. The summed E-state index contributed by atoms with van der Waals surface area (Å²) < 4.78 is 0. The fourth-order valence-corrected chi connectivity index (χ4v) is 1.81. The molecule has 0 fully saturated rings. The first-order valence-electron chi connectivity index (χ1n) is 8.13. The van der Waals surface area contributed by atoms with E-state index in [1.54, 1.807) is 0 Å². The maximum absolute atomic E-state index is 10.0. The highest BCUT2D eigenvalue weighted by atomic mass is 16.4. The highest BCUT2D eigenvalue weighted by Gasteiger charge is 1.99. The highest BCUT2D eigenvalue weighted by Crippen LogP contribution is 2.05. The first-order chi connectivity index (χ1) is 11.3. The Kier molecular flexibility index (Phi) is 17.3. The Labute approximate surface area is 141 Å². The van der Waals surface area contributed by atoms with Crippen LogP contribution in [0.15, 0.2) is 0 Å².